The van der Waals surface area contributed by atoms with Gasteiger partial charge >= 0.3 is 0 Å². The molecule has 1 aromatic heterocycles. The molecule has 1 aromatic carbocycles. The number of nitrogens with zero attached hydrogens (tertiary/aromatic N) is 1. The highest BCUT2D eigenvalue weighted by Crippen LogP contribution is 2.33. The Balaban J connectivity index is 2.36. The number of hydrogen-bond acceptors (Lipinski definition) is 3. The number of hydrogen-bond donors (Lipinski definition) is 2. The molecule has 1 heterocycles. The van der Waals surface area contributed by atoms with E-state index >= 15 is 0 Å². The molecule has 0 aliphatic carbocycles. The van der Waals surface area contributed by atoms with Gasteiger partial charge in [0.1, 0.15) is 17.5 Å². The third-order valence-corrected chi connectivity index (χ3v) is 2.95. The largest absolute Gasteiger partial charge is 0.384 e. The summed E-state index contributed by atoms with van der Waals surface area (Å²) in [6.07, 6.45) is 0. The topological polar surface area (TPSA) is 50.9 Å². The van der Waals surface area contributed by atoms with Crippen molar-refractivity contribution in [3.05, 3.63) is 45.6 Å². The highest BCUT2D eigenvalue weighted by molar-refractivity contribution is 9.10. The molecule has 3 N–H and O–H groups in total. The molecule has 6 heteroatoms. The van der Waals surface area contributed by atoms with Crippen molar-refractivity contribution < 1.29 is 4.39 Å². The van der Waals surface area contributed by atoms with E-state index in [2.05, 4.69) is 26.2 Å². The van der Waals surface area contributed by atoms with Crippen molar-refractivity contribution in [1.82, 2.24) is 4.98 Å². The highest BCUT2D eigenvalue weighted by Gasteiger charge is 2.08. The SMILES string of the molecule is Nc1cccc(Nc2c(Cl)cc(F)cc2Br)n1. The number of benzene rings is 1. The van der Waals surface area contributed by atoms with E-state index in [0.717, 1.165) is 0 Å². The van der Waals surface area contributed by atoms with Crippen LogP contribution in [0, 0.1) is 5.82 Å². The van der Waals surface area contributed by atoms with E-state index < -0.39 is 5.82 Å². The lowest BCUT2D eigenvalue weighted by Crippen LogP contribution is -1.98. The predicted octanol–water partition coefficient (Wildman–Crippen LogP) is 3.96. The molecule has 2 aromatic rings. The minimum absolute atomic E-state index is 0.265. The molecule has 0 aliphatic rings. The lowest BCUT2D eigenvalue weighted by Gasteiger charge is -2.10. The molecule has 0 fully saturated rings. The Kier molecular flexibility index (Phi) is 3.49. The van der Waals surface area contributed by atoms with Gasteiger partial charge in [-0.25, -0.2) is 9.37 Å². The normalized spacial score (nSPS) is 10.3. The number of pyridine rings is 1. The molecule has 0 bridgehead atoms. The molecule has 0 unspecified atom stereocenters. The van der Waals surface area contributed by atoms with Crippen molar-refractivity contribution in [1.29, 1.82) is 0 Å². The van der Waals surface area contributed by atoms with Crippen molar-refractivity contribution in [2.24, 2.45) is 0 Å². The molecular formula is C11H8BrClFN3. The summed E-state index contributed by atoms with van der Waals surface area (Å²) in [5.74, 6) is 0.525. The molecule has 17 heavy (non-hydrogen) atoms. The van der Waals surface area contributed by atoms with Crippen LogP contribution < -0.4 is 11.1 Å². The van der Waals surface area contributed by atoms with Gasteiger partial charge in [-0.05, 0) is 40.2 Å². The number of nitrogen functional groups attached to an aromatic ring is 1. The lowest BCUT2D eigenvalue weighted by atomic mass is 10.3. The Hall–Kier alpha value is -1.33. The monoisotopic (exact) mass is 315 g/mol. The van der Waals surface area contributed by atoms with Crippen LogP contribution in [0.2, 0.25) is 5.02 Å². The third-order valence-electron chi connectivity index (χ3n) is 2.03. The van der Waals surface area contributed by atoms with Crippen LogP contribution in [0.4, 0.5) is 21.7 Å². The predicted molar refractivity (Wildman–Crippen MR) is 71.0 cm³/mol. The minimum atomic E-state index is -0.409. The lowest BCUT2D eigenvalue weighted by molar-refractivity contribution is 0.627. The summed E-state index contributed by atoms with van der Waals surface area (Å²) in [6.45, 7) is 0. The molecule has 0 aliphatic heterocycles. The van der Waals surface area contributed by atoms with Gasteiger partial charge < -0.3 is 11.1 Å². The second-order valence-corrected chi connectivity index (χ2v) is 4.58. The molecule has 0 saturated heterocycles. The molecule has 0 amide bonds. The van der Waals surface area contributed by atoms with E-state index in [-0.39, 0.29) is 5.02 Å². The third kappa shape index (κ3) is 2.87. The number of halogens is 3. The first-order valence-corrected chi connectivity index (χ1v) is 5.87. The van der Waals surface area contributed by atoms with Gasteiger partial charge in [0.25, 0.3) is 0 Å². The molecule has 3 nitrogen and oxygen atoms in total. The van der Waals surface area contributed by atoms with Crippen molar-refractivity contribution in [3.8, 4) is 0 Å². The van der Waals surface area contributed by atoms with Gasteiger partial charge in [0, 0.05) is 4.47 Å². The first-order chi connectivity index (χ1) is 8.06. The maximum atomic E-state index is 13.0. The Labute approximate surface area is 111 Å². The molecular weight excluding hydrogens is 308 g/mol. The number of rotatable bonds is 2. The van der Waals surface area contributed by atoms with Crippen LogP contribution in [0.3, 0.4) is 0 Å². The van der Waals surface area contributed by atoms with Crippen molar-refractivity contribution in [2.75, 3.05) is 11.1 Å². The van der Waals surface area contributed by atoms with Crippen LogP contribution in [-0.4, -0.2) is 4.98 Å². The molecule has 88 valence electrons. The van der Waals surface area contributed by atoms with E-state index in [1.165, 1.54) is 12.1 Å². The van der Waals surface area contributed by atoms with Gasteiger partial charge in [0.2, 0.25) is 0 Å². The van der Waals surface area contributed by atoms with E-state index in [4.69, 9.17) is 17.3 Å². The highest BCUT2D eigenvalue weighted by atomic mass is 79.9. The molecule has 0 radical (unpaired) electrons. The first-order valence-electron chi connectivity index (χ1n) is 4.70. The van der Waals surface area contributed by atoms with E-state index in [1.807, 2.05) is 0 Å². The average molecular weight is 317 g/mol. The van der Waals surface area contributed by atoms with Crippen LogP contribution in [0.15, 0.2) is 34.8 Å². The van der Waals surface area contributed by atoms with Crippen LogP contribution in [0.25, 0.3) is 0 Å². The standard InChI is InChI=1S/C11H8BrClFN3/c12-7-4-6(14)5-8(13)11(7)17-10-3-1-2-9(15)16-10/h1-5H,(H3,15,16,17). The number of nitrogens with one attached hydrogen (secondary N) is 1. The molecule has 2 rings (SSSR count). The van der Waals surface area contributed by atoms with E-state index in [1.54, 1.807) is 18.2 Å². The van der Waals surface area contributed by atoms with Gasteiger partial charge in [0.05, 0.1) is 10.7 Å². The van der Waals surface area contributed by atoms with Crippen LogP contribution in [0.1, 0.15) is 0 Å². The maximum absolute atomic E-state index is 13.0. The Morgan fingerprint density at radius 3 is 2.76 bits per heavy atom. The summed E-state index contributed by atoms with van der Waals surface area (Å²) in [6, 6.07) is 7.71. The first kappa shape index (κ1) is 12.1. The van der Waals surface area contributed by atoms with Gasteiger partial charge in [0.15, 0.2) is 0 Å². The summed E-state index contributed by atoms with van der Waals surface area (Å²) >= 11 is 9.16. The van der Waals surface area contributed by atoms with Gasteiger partial charge in [-0.1, -0.05) is 17.7 Å². The van der Waals surface area contributed by atoms with E-state index in [9.17, 15) is 4.39 Å². The summed E-state index contributed by atoms with van der Waals surface area (Å²) in [5, 5.41) is 3.24. The summed E-state index contributed by atoms with van der Waals surface area (Å²) in [4.78, 5) is 4.07. The van der Waals surface area contributed by atoms with Crippen LogP contribution in [0.5, 0.6) is 0 Å². The summed E-state index contributed by atoms with van der Waals surface area (Å²) in [5.41, 5.74) is 6.10. The zero-order valence-electron chi connectivity index (χ0n) is 8.55. The zero-order valence-corrected chi connectivity index (χ0v) is 10.9. The van der Waals surface area contributed by atoms with E-state index in [0.29, 0.717) is 21.8 Å². The second-order valence-electron chi connectivity index (χ2n) is 3.32. The quantitative estimate of drug-likeness (QED) is 0.881. The van der Waals surface area contributed by atoms with Gasteiger partial charge in [-0.2, -0.15) is 0 Å². The zero-order chi connectivity index (χ0) is 12.4. The van der Waals surface area contributed by atoms with Crippen LogP contribution in [-0.2, 0) is 0 Å². The fraction of sp³-hybridized carbons (Fsp3) is 0. The number of anilines is 3. The average Bonchev–Trinajstić information content (AvgIpc) is 2.23. The van der Waals surface area contributed by atoms with Crippen molar-refractivity contribution >= 4 is 44.9 Å². The Bertz CT molecular complexity index is 539. The minimum Gasteiger partial charge on any atom is -0.384 e. The fourth-order valence-corrected chi connectivity index (χ4v) is 2.21. The fourth-order valence-electron chi connectivity index (χ4n) is 1.31. The van der Waals surface area contributed by atoms with Crippen molar-refractivity contribution in [2.45, 2.75) is 0 Å². The number of nitrogens with two attached hydrogens (primary N) is 1. The number of aromatic nitrogens is 1. The van der Waals surface area contributed by atoms with Gasteiger partial charge in [-0.3, -0.25) is 0 Å². The summed E-state index contributed by atoms with van der Waals surface area (Å²) in [7, 11) is 0. The maximum Gasteiger partial charge on any atom is 0.132 e. The Morgan fingerprint density at radius 2 is 2.12 bits per heavy atom. The second kappa shape index (κ2) is 4.89. The molecule has 0 spiro atoms. The smallest absolute Gasteiger partial charge is 0.132 e. The van der Waals surface area contributed by atoms with Gasteiger partial charge in [-0.15, -0.1) is 0 Å². The summed E-state index contributed by atoms with van der Waals surface area (Å²) < 4.78 is 13.6. The van der Waals surface area contributed by atoms with Crippen LogP contribution >= 0.6 is 27.5 Å². The molecule has 0 atom stereocenters. The Morgan fingerprint density at radius 1 is 1.35 bits per heavy atom. The molecule has 0 saturated carbocycles. The van der Waals surface area contributed by atoms with Crippen molar-refractivity contribution in [3.63, 3.8) is 0 Å².